The lowest BCUT2D eigenvalue weighted by Gasteiger charge is -2.13. The van der Waals surface area contributed by atoms with Crippen molar-refractivity contribution >= 4 is 21.6 Å². The average Bonchev–Trinajstić information content (AvgIpc) is 1.98. The highest BCUT2D eigenvalue weighted by atomic mass is 32.2. The van der Waals surface area contributed by atoms with Gasteiger partial charge in [0.15, 0.2) is 0 Å². The van der Waals surface area contributed by atoms with Gasteiger partial charge in [0.25, 0.3) is 0 Å². The zero-order valence-corrected chi connectivity index (χ0v) is 10.8. The minimum atomic E-state index is -4.20. The summed E-state index contributed by atoms with van der Waals surface area (Å²) in [5.41, 5.74) is 0. The SMILES string of the molecule is CC(CNCC(F)(F)F)SCCS(C)(=O)=O. The highest BCUT2D eigenvalue weighted by Gasteiger charge is 2.26. The quantitative estimate of drug-likeness (QED) is 0.763. The second-order valence-corrected chi connectivity index (χ2v) is 7.36. The third kappa shape index (κ3) is 12.1. The van der Waals surface area contributed by atoms with Crippen LogP contribution in [-0.4, -0.2) is 50.7 Å². The van der Waals surface area contributed by atoms with Gasteiger partial charge in [0.1, 0.15) is 9.84 Å². The molecule has 0 aliphatic carbocycles. The Morgan fingerprint density at radius 2 is 1.94 bits per heavy atom. The Balaban J connectivity index is 3.57. The molecule has 0 aromatic carbocycles. The van der Waals surface area contributed by atoms with Gasteiger partial charge in [0.2, 0.25) is 0 Å². The lowest BCUT2D eigenvalue weighted by atomic mass is 10.4. The van der Waals surface area contributed by atoms with Gasteiger partial charge >= 0.3 is 6.18 Å². The lowest BCUT2D eigenvalue weighted by Crippen LogP contribution is -2.33. The normalized spacial score (nSPS) is 15.1. The summed E-state index contributed by atoms with van der Waals surface area (Å²) in [6.45, 7) is 0.967. The standard InChI is InChI=1S/C8H16F3NO2S2/c1-7(5-12-6-8(9,10)11)15-3-4-16(2,13)14/h7,12H,3-6H2,1-2H3. The number of alkyl halides is 3. The van der Waals surface area contributed by atoms with Crippen LogP contribution in [0.25, 0.3) is 0 Å². The van der Waals surface area contributed by atoms with Crippen LogP contribution < -0.4 is 5.32 Å². The molecular formula is C8H16F3NO2S2. The van der Waals surface area contributed by atoms with Crippen molar-refractivity contribution in [1.82, 2.24) is 5.32 Å². The van der Waals surface area contributed by atoms with Gasteiger partial charge in [-0.05, 0) is 0 Å². The van der Waals surface area contributed by atoms with Crippen molar-refractivity contribution in [2.45, 2.75) is 18.3 Å². The van der Waals surface area contributed by atoms with E-state index in [-0.39, 0.29) is 17.5 Å². The molecule has 1 atom stereocenters. The van der Waals surface area contributed by atoms with Crippen LogP contribution >= 0.6 is 11.8 Å². The Morgan fingerprint density at radius 3 is 2.38 bits per heavy atom. The summed E-state index contributed by atoms with van der Waals surface area (Å²) in [5, 5.41) is 2.24. The van der Waals surface area contributed by atoms with Crippen LogP contribution in [0.15, 0.2) is 0 Å². The van der Waals surface area contributed by atoms with Crippen molar-refractivity contribution in [3.63, 3.8) is 0 Å². The van der Waals surface area contributed by atoms with Gasteiger partial charge in [0.05, 0.1) is 12.3 Å². The smallest absolute Gasteiger partial charge is 0.308 e. The highest BCUT2D eigenvalue weighted by molar-refractivity contribution is 8.01. The van der Waals surface area contributed by atoms with Gasteiger partial charge in [-0.3, -0.25) is 0 Å². The largest absolute Gasteiger partial charge is 0.401 e. The van der Waals surface area contributed by atoms with Crippen molar-refractivity contribution in [1.29, 1.82) is 0 Å². The second-order valence-electron chi connectivity index (χ2n) is 3.56. The molecule has 0 spiro atoms. The Hall–Kier alpha value is 0.0500. The van der Waals surface area contributed by atoms with E-state index >= 15 is 0 Å². The van der Waals surface area contributed by atoms with Crippen LogP contribution in [0.3, 0.4) is 0 Å². The summed E-state index contributed by atoms with van der Waals surface area (Å²) in [5.74, 6) is 0.467. The molecule has 0 aliphatic rings. The Kier molecular flexibility index (Phi) is 6.73. The third-order valence-corrected chi connectivity index (χ3v) is 3.99. The maximum atomic E-state index is 11.8. The fourth-order valence-corrected chi connectivity index (χ4v) is 3.11. The van der Waals surface area contributed by atoms with E-state index in [0.29, 0.717) is 5.75 Å². The summed E-state index contributed by atoms with van der Waals surface area (Å²) in [6, 6.07) is 0. The predicted molar refractivity (Wildman–Crippen MR) is 60.6 cm³/mol. The Bertz CT molecular complexity index is 290. The Labute approximate surface area is 98.1 Å². The molecule has 0 aromatic heterocycles. The fourth-order valence-electron chi connectivity index (χ4n) is 0.877. The molecule has 0 aliphatic heterocycles. The molecule has 0 aromatic rings. The van der Waals surface area contributed by atoms with E-state index in [2.05, 4.69) is 5.32 Å². The van der Waals surface area contributed by atoms with Crippen LogP contribution in [-0.2, 0) is 9.84 Å². The maximum Gasteiger partial charge on any atom is 0.401 e. The molecular weight excluding hydrogens is 263 g/mol. The molecule has 1 unspecified atom stereocenters. The predicted octanol–water partition coefficient (Wildman–Crippen LogP) is 1.30. The molecule has 0 saturated heterocycles. The molecule has 0 heterocycles. The maximum absolute atomic E-state index is 11.8. The molecule has 0 amide bonds. The van der Waals surface area contributed by atoms with E-state index in [1.165, 1.54) is 11.8 Å². The van der Waals surface area contributed by atoms with E-state index in [1.807, 2.05) is 0 Å². The monoisotopic (exact) mass is 279 g/mol. The number of nitrogens with one attached hydrogen (secondary N) is 1. The zero-order valence-electron chi connectivity index (χ0n) is 9.17. The van der Waals surface area contributed by atoms with Crippen LogP contribution in [0.2, 0.25) is 0 Å². The first kappa shape index (κ1) is 16.1. The van der Waals surface area contributed by atoms with E-state index < -0.39 is 22.6 Å². The molecule has 0 bridgehead atoms. The first-order chi connectivity index (χ1) is 7.10. The van der Waals surface area contributed by atoms with Crippen molar-refractivity contribution in [2.24, 2.45) is 0 Å². The zero-order chi connectivity index (χ0) is 12.8. The molecule has 16 heavy (non-hydrogen) atoms. The molecule has 0 rings (SSSR count). The van der Waals surface area contributed by atoms with Crippen molar-refractivity contribution in [3.8, 4) is 0 Å². The summed E-state index contributed by atoms with van der Waals surface area (Å²) >= 11 is 1.34. The van der Waals surface area contributed by atoms with E-state index in [0.717, 1.165) is 6.26 Å². The number of thioether (sulfide) groups is 1. The third-order valence-electron chi connectivity index (χ3n) is 1.61. The van der Waals surface area contributed by atoms with Gasteiger partial charge < -0.3 is 5.32 Å². The first-order valence-corrected chi connectivity index (χ1v) is 7.78. The van der Waals surface area contributed by atoms with Gasteiger partial charge in [-0.2, -0.15) is 24.9 Å². The molecule has 0 radical (unpaired) electrons. The van der Waals surface area contributed by atoms with Crippen LogP contribution in [0.1, 0.15) is 6.92 Å². The minimum Gasteiger partial charge on any atom is -0.308 e. The molecule has 0 fully saturated rings. The molecule has 8 heteroatoms. The highest BCUT2D eigenvalue weighted by Crippen LogP contribution is 2.13. The number of rotatable bonds is 7. The van der Waals surface area contributed by atoms with Crippen LogP contribution in [0.5, 0.6) is 0 Å². The average molecular weight is 279 g/mol. The molecule has 3 nitrogen and oxygen atoms in total. The van der Waals surface area contributed by atoms with Crippen molar-refractivity contribution in [3.05, 3.63) is 0 Å². The van der Waals surface area contributed by atoms with Crippen molar-refractivity contribution in [2.75, 3.05) is 30.9 Å². The molecule has 1 N–H and O–H groups in total. The van der Waals surface area contributed by atoms with Gasteiger partial charge in [-0.25, -0.2) is 8.42 Å². The summed E-state index contributed by atoms with van der Waals surface area (Å²) < 4.78 is 56.9. The van der Waals surface area contributed by atoms with Crippen LogP contribution in [0.4, 0.5) is 13.2 Å². The summed E-state index contributed by atoms with van der Waals surface area (Å²) in [7, 11) is -2.98. The first-order valence-electron chi connectivity index (χ1n) is 4.67. The van der Waals surface area contributed by atoms with E-state index in [1.54, 1.807) is 6.92 Å². The fraction of sp³-hybridized carbons (Fsp3) is 1.00. The van der Waals surface area contributed by atoms with Crippen molar-refractivity contribution < 1.29 is 21.6 Å². The molecule has 0 saturated carbocycles. The van der Waals surface area contributed by atoms with Gasteiger partial charge in [-0.1, -0.05) is 6.92 Å². The minimum absolute atomic E-state index is 0.0379. The Morgan fingerprint density at radius 1 is 1.38 bits per heavy atom. The molecule has 98 valence electrons. The summed E-state index contributed by atoms with van der Waals surface area (Å²) in [4.78, 5) is 0. The van der Waals surface area contributed by atoms with Gasteiger partial charge in [0, 0.05) is 23.8 Å². The van der Waals surface area contributed by atoms with Crippen LogP contribution in [0, 0.1) is 0 Å². The van der Waals surface area contributed by atoms with Gasteiger partial charge in [-0.15, -0.1) is 0 Å². The second kappa shape index (κ2) is 6.70. The number of hydrogen-bond donors (Lipinski definition) is 1. The number of halogens is 3. The number of hydrogen-bond acceptors (Lipinski definition) is 4. The topological polar surface area (TPSA) is 46.2 Å². The lowest BCUT2D eigenvalue weighted by molar-refractivity contribution is -0.124. The summed E-state index contributed by atoms with van der Waals surface area (Å²) in [6.07, 6.45) is -3.06. The number of sulfone groups is 1. The van der Waals surface area contributed by atoms with E-state index in [9.17, 15) is 21.6 Å². The van der Waals surface area contributed by atoms with E-state index in [4.69, 9.17) is 0 Å².